The van der Waals surface area contributed by atoms with Gasteiger partial charge in [0.1, 0.15) is 0 Å². The summed E-state index contributed by atoms with van der Waals surface area (Å²) in [6.07, 6.45) is 0. The minimum Gasteiger partial charge on any atom is -0.366 e. The van der Waals surface area contributed by atoms with Gasteiger partial charge in [-0.05, 0) is 42.9 Å². The lowest BCUT2D eigenvalue weighted by atomic mass is 10.1. The van der Waals surface area contributed by atoms with Crippen molar-refractivity contribution in [2.45, 2.75) is 6.92 Å². The van der Waals surface area contributed by atoms with Crippen LogP contribution in [-0.4, -0.2) is 16.9 Å². The average Bonchev–Trinajstić information content (AvgIpc) is 2.47. The first kappa shape index (κ1) is 15.7. The molecule has 0 spiro atoms. The van der Waals surface area contributed by atoms with E-state index in [0.717, 1.165) is 5.56 Å². The number of amides is 2. The molecule has 0 aliphatic heterocycles. The molecule has 0 radical (unpaired) electrons. The topological polar surface area (TPSA) is 84.2 Å². The molecule has 0 unspecified atom stereocenters. The molecule has 0 heterocycles. The Morgan fingerprint density at radius 1 is 1.00 bits per heavy atom. The van der Waals surface area contributed by atoms with Gasteiger partial charge in [0.15, 0.2) is 5.11 Å². The fourth-order valence-corrected chi connectivity index (χ4v) is 2.16. The lowest BCUT2D eigenvalue weighted by molar-refractivity contribution is 0.0975. The summed E-state index contributed by atoms with van der Waals surface area (Å²) in [5.41, 5.74) is 7.43. The smallest absolute Gasteiger partial charge is 0.257 e. The fraction of sp³-hybridized carbons (Fsp3) is 0.0625. The summed E-state index contributed by atoms with van der Waals surface area (Å²) in [7, 11) is 0. The minimum atomic E-state index is -0.573. The molecule has 4 N–H and O–H groups in total. The van der Waals surface area contributed by atoms with Gasteiger partial charge in [-0.15, -0.1) is 0 Å². The molecular weight excluding hydrogens is 298 g/mol. The molecule has 0 atom stereocenters. The van der Waals surface area contributed by atoms with Crippen molar-refractivity contribution in [3.05, 3.63) is 65.2 Å². The Balaban J connectivity index is 2.10. The molecule has 0 saturated heterocycles. The molecule has 2 aromatic rings. The van der Waals surface area contributed by atoms with E-state index < -0.39 is 5.91 Å². The van der Waals surface area contributed by atoms with Crippen LogP contribution in [0.5, 0.6) is 0 Å². The number of rotatable bonds is 3. The summed E-state index contributed by atoms with van der Waals surface area (Å²) in [4.78, 5) is 23.5. The van der Waals surface area contributed by atoms with E-state index in [-0.39, 0.29) is 11.0 Å². The van der Waals surface area contributed by atoms with Gasteiger partial charge in [0.05, 0.1) is 11.3 Å². The number of primary amides is 1. The van der Waals surface area contributed by atoms with Gasteiger partial charge in [0, 0.05) is 5.56 Å². The van der Waals surface area contributed by atoms with Crippen LogP contribution < -0.4 is 16.4 Å². The zero-order valence-corrected chi connectivity index (χ0v) is 12.7. The van der Waals surface area contributed by atoms with E-state index >= 15 is 0 Å². The molecule has 0 aromatic heterocycles. The summed E-state index contributed by atoms with van der Waals surface area (Å²) in [5.74, 6) is -0.886. The monoisotopic (exact) mass is 313 g/mol. The van der Waals surface area contributed by atoms with Crippen molar-refractivity contribution in [1.82, 2.24) is 5.32 Å². The average molecular weight is 313 g/mol. The van der Waals surface area contributed by atoms with Crippen LogP contribution in [0, 0.1) is 6.92 Å². The maximum absolute atomic E-state index is 12.2. The molecule has 2 aromatic carbocycles. The molecule has 0 fully saturated rings. The molecule has 0 aliphatic rings. The summed E-state index contributed by atoms with van der Waals surface area (Å²) < 4.78 is 0. The highest BCUT2D eigenvalue weighted by molar-refractivity contribution is 7.80. The molecule has 6 heteroatoms. The summed E-state index contributed by atoms with van der Waals surface area (Å²) in [6, 6.07) is 13.9. The molecule has 2 rings (SSSR count). The van der Waals surface area contributed by atoms with Crippen LogP contribution in [0.2, 0.25) is 0 Å². The van der Waals surface area contributed by atoms with E-state index in [1.54, 1.807) is 36.4 Å². The number of thiocarbonyl (C=S) groups is 1. The highest BCUT2D eigenvalue weighted by Crippen LogP contribution is 2.14. The van der Waals surface area contributed by atoms with Crippen molar-refractivity contribution in [3.8, 4) is 0 Å². The van der Waals surface area contributed by atoms with Crippen molar-refractivity contribution in [1.29, 1.82) is 0 Å². The first-order valence-corrected chi connectivity index (χ1v) is 6.96. The van der Waals surface area contributed by atoms with Crippen LogP contribution in [0.15, 0.2) is 48.5 Å². The highest BCUT2D eigenvalue weighted by Gasteiger charge is 2.12. The van der Waals surface area contributed by atoms with Crippen LogP contribution in [-0.2, 0) is 0 Å². The predicted molar refractivity (Wildman–Crippen MR) is 89.8 cm³/mol. The summed E-state index contributed by atoms with van der Waals surface area (Å²) >= 11 is 5.11. The Kier molecular flexibility index (Phi) is 4.85. The number of nitrogens with two attached hydrogens (primary N) is 1. The first-order chi connectivity index (χ1) is 10.5. The van der Waals surface area contributed by atoms with Crippen LogP contribution in [0.3, 0.4) is 0 Å². The number of nitrogens with one attached hydrogen (secondary N) is 2. The zero-order chi connectivity index (χ0) is 16.1. The predicted octanol–water partition coefficient (Wildman–Crippen LogP) is 2.22. The van der Waals surface area contributed by atoms with E-state index in [2.05, 4.69) is 10.6 Å². The second-order valence-electron chi connectivity index (χ2n) is 4.63. The van der Waals surface area contributed by atoms with Crippen molar-refractivity contribution in [2.24, 2.45) is 5.73 Å². The highest BCUT2D eigenvalue weighted by atomic mass is 32.1. The molecule has 2 amide bonds. The molecule has 22 heavy (non-hydrogen) atoms. The summed E-state index contributed by atoms with van der Waals surface area (Å²) in [6.45, 7) is 1.84. The fourth-order valence-electron chi connectivity index (χ4n) is 1.96. The minimum absolute atomic E-state index is 0.0990. The van der Waals surface area contributed by atoms with Crippen LogP contribution >= 0.6 is 12.2 Å². The molecular formula is C16H15N3O2S. The maximum Gasteiger partial charge on any atom is 0.257 e. The number of carbonyl (C=O) groups excluding carboxylic acids is 2. The second kappa shape index (κ2) is 6.82. The van der Waals surface area contributed by atoms with E-state index in [0.29, 0.717) is 16.8 Å². The SMILES string of the molecule is Cc1ccccc1C(=O)NC(=S)Nc1ccccc1C(N)=O. The van der Waals surface area contributed by atoms with E-state index in [1.807, 2.05) is 19.1 Å². The Morgan fingerprint density at radius 3 is 2.23 bits per heavy atom. The van der Waals surface area contributed by atoms with Gasteiger partial charge in [0.2, 0.25) is 0 Å². The van der Waals surface area contributed by atoms with Crippen molar-refractivity contribution in [3.63, 3.8) is 0 Å². The molecule has 0 saturated carbocycles. The van der Waals surface area contributed by atoms with Crippen molar-refractivity contribution >= 4 is 34.8 Å². The molecule has 0 aliphatic carbocycles. The number of anilines is 1. The third kappa shape index (κ3) is 3.67. The summed E-state index contributed by atoms with van der Waals surface area (Å²) in [5, 5.41) is 5.49. The Bertz CT molecular complexity index is 744. The Morgan fingerprint density at radius 2 is 1.59 bits per heavy atom. The van der Waals surface area contributed by atoms with Gasteiger partial charge in [-0.3, -0.25) is 14.9 Å². The molecule has 112 valence electrons. The van der Waals surface area contributed by atoms with Crippen molar-refractivity contribution in [2.75, 3.05) is 5.32 Å². The van der Waals surface area contributed by atoms with Crippen LogP contribution in [0.1, 0.15) is 26.3 Å². The number of benzene rings is 2. The van der Waals surface area contributed by atoms with Crippen LogP contribution in [0.4, 0.5) is 5.69 Å². The standard InChI is InChI=1S/C16H15N3O2S/c1-10-6-2-3-7-11(10)15(21)19-16(22)18-13-9-5-4-8-12(13)14(17)20/h2-9H,1H3,(H2,17,20)(H2,18,19,21,22). The number of aryl methyl sites for hydroxylation is 1. The number of hydrogen-bond donors (Lipinski definition) is 3. The van der Waals surface area contributed by atoms with Gasteiger partial charge in [-0.1, -0.05) is 30.3 Å². The zero-order valence-electron chi connectivity index (χ0n) is 11.9. The van der Waals surface area contributed by atoms with E-state index in [4.69, 9.17) is 18.0 Å². The first-order valence-electron chi connectivity index (χ1n) is 6.56. The van der Waals surface area contributed by atoms with E-state index in [1.165, 1.54) is 0 Å². The molecule has 5 nitrogen and oxygen atoms in total. The lowest BCUT2D eigenvalue weighted by Gasteiger charge is -2.12. The lowest BCUT2D eigenvalue weighted by Crippen LogP contribution is -2.35. The third-order valence-electron chi connectivity index (χ3n) is 3.06. The number of para-hydroxylation sites is 1. The van der Waals surface area contributed by atoms with Gasteiger partial charge in [-0.25, -0.2) is 0 Å². The third-order valence-corrected chi connectivity index (χ3v) is 3.26. The number of carbonyl (C=O) groups is 2. The normalized spacial score (nSPS) is 9.86. The van der Waals surface area contributed by atoms with Gasteiger partial charge >= 0.3 is 0 Å². The maximum atomic E-state index is 12.2. The van der Waals surface area contributed by atoms with Gasteiger partial charge in [-0.2, -0.15) is 0 Å². The Hall–Kier alpha value is -2.73. The molecule has 0 bridgehead atoms. The quantitative estimate of drug-likeness (QED) is 0.759. The van der Waals surface area contributed by atoms with Crippen LogP contribution in [0.25, 0.3) is 0 Å². The second-order valence-corrected chi connectivity index (χ2v) is 5.04. The van der Waals surface area contributed by atoms with E-state index in [9.17, 15) is 9.59 Å². The van der Waals surface area contributed by atoms with Gasteiger partial charge < -0.3 is 11.1 Å². The van der Waals surface area contributed by atoms with Crippen molar-refractivity contribution < 1.29 is 9.59 Å². The largest absolute Gasteiger partial charge is 0.366 e. The Labute approximate surface area is 133 Å². The van der Waals surface area contributed by atoms with Gasteiger partial charge in [0.25, 0.3) is 11.8 Å². The number of hydrogen-bond acceptors (Lipinski definition) is 3.